The fourth-order valence-electron chi connectivity index (χ4n) is 4.26. The molecule has 0 aliphatic heterocycles. The molecule has 1 N–H and O–H groups in total. The standard InChI is InChI=1S/C30H35Cl2N3O5S/c1-5-21(2)33-30(37)27(17-22-11-7-6-8-12-22)34(19-23-13-9-10-14-25(23)32)29(36)20-35(41(4,38)39)26-18-24(31)15-16-28(26)40-3/h6-16,18,21,27H,5,17,19-20H2,1-4H3,(H,33,37)/t21-,27-/m1/s1. The van der Waals surface area contributed by atoms with E-state index in [1.165, 1.54) is 24.1 Å². The first kappa shape index (κ1) is 32.2. The number of carbonyl (C=O) groups excluding carboxylic acids is 2. The Morgan fingerprint density at radius 1 is 1.00 bits per heavy atom. The van der Waals surface area contributed by atoms with E-state index in [4.69, 9.17) is 27.9 Å². The van der Waals surface area contributed by atoms with Crippen molar-refractivity contribution in [2.75, 3.05) is 24.2 Å². The van der Waals surface area contributed by atoms with Crippen molar-refractivity contribution in [1.82, 2.24) is 10.2 Å². The lowest BCUT2D eigenvalue weighted by molar-refractivity contribution is -0.140. The minimum atomic E-state index is -3.98. The molecule has 2 atom stereocenters. The van der Waals surface area contributed by atoms with Gasteiger partial charge in [0.25, 0.3) is 0 Å². The number of sulfonamides is 1. The van der Waals surface area contributed by atoms with E-state index in [1.54, 1.807) is 30.3 Å². The number of hydrogen-bond acceptors (Lipinski definition) is 5. The fraction of sp³-hybridized carbons (Fsp3) is 0.333. The molecular weight excluding hydrogens is 585 g/mol. The number of anilines is 1. The molecule has 8 nitrogen and oxygen atoms in total. The molecule has 0 saturated heterocycles. The van der Waals surface area contributed by atoms with Crippen molar-refractivity contribution in [3.8, 4) is 5.75 Å². The van der Waals surface area contributed by atoms with Gasteiger partial charge in [-0.1, -0.05) is 78.7 Å². The Morgan fingerprint density at radius 2 is 1.66 bits per heavy atom. The Kier molecular flexibility index (Phi) is 11.5. The van der Waals surface area contributed by atoms with Gasteiger partial charge in [0.15, 0.2) is 0 Å². The highest BCUT2D eigenvalue weighted by Crippen LogP contribution is 2.33. The third-order valence-corrected chi connectivity index (χ3v) is 8.39. The maximum absolute atomic E-state index is 14.2. The van der Waals surface area contributed by atoms with Crippen molar-refractivity contribution < 1.29 is 22.7 Å². The van der Waals surface area contributed by atoms with Gasteiger partial charge in [-0.25, -0.2) is 8.42 Å². The van der Waals surface area contributed by atoms with Crippen LogP contribution in [0.2, 0.25) is 10.0 Å². The number of nitrogens with one attached hydrogen (secondary N) is 1. The number of halogens is 2. The summed E-state index contributed by atoms with van der Waals surface area (Å²) in [6.45, 7) is 3.22. The van der Waals surface area contributed by atoms with Crippen molar-refractivity contribution in [2.45, 2.75) is 45.3 Å². The van der Waals surface area contributed by atoms with E-state index in [9.17, 15) is 18.0 Å². The Bertz CT molecular complexity index is 1450. The van der Waals surface area contributed by atoms with Crippen molar-refractivity contribution in [3.05, 3.63) is 94.0 Å². The number of carbonyl (C=O) groups is 2. The van der Waals surface area contributed by atoms with Gasteiger partial charge >= 0.3 is 0 Å². The van der Waals surface area contributed by atoms with Crippen molar-refractivity contribution in [2.24, 2.45) is 0 Å². The predicted molar refractivity (Wildman–Crippen MR) is 164 cm³/mol. The first-order valence-corrected chi connectivity index (χ1v) is 15.7. The predicted octanol–water partition coefficient (Wildman–Crippen LogP) is 5.32. The van der Waals surface area contributed by atoms with Crippen LogP contribution in [0.3, 0.4) is 0 Å². The Balaban J connectivity index is 2.11. The smallest absolute Gasteiger partial charge is 0.244 e. The van der Waals surface area contributed by atoms with Gasteiger partial charge in [-0.05, 0) is 48.7 Å². The van der Waals surface area contributed by atoms with Gasteiger partial charge in [0, 0.05) is 29.1 Å². The molecule has 0 radical (unpaired) electrons. The van der Waals surface area contributed by atoms with E-state index >= 15 is 0 Å². The maximum atomic E-state index is 14.2. The molecule has 3 aromatic rings. The van der Waals surface area contributed by atoms with Crippen LogP contribution in [-0.2, 0) is 32.6 Å². The van der Waals surface area contributed by atoms with Crippen LogP contribution in [-0.4, -0.2) is 57.1 Å². The highest BCUT2D eigenvalue weighted by molar-refractivity contribution is 7.92. The summed E-state index contributed by atoms with van der Waals surface area (Å²) in [6.07, 6.45) is 1.90. The summed E-state index contributed by atoms with van der Waals surface area (Å²) >= 11 is 12.7. The van der Waals surface area contributed by atoms with Crippen LogP contribution in [0.15, 0.2) is 72.8 Å². The van der Waals surface area contributed by atoms with Gasteiger partial charge in [0.05, 0.1) is 19.1 Å². The summed E-state index contributed by atoms with van der Waals surface area (Å²) in [4.78, 5) is 29.3. The highest BCUT2D eigenvalue weighted by atomic mass is 35.5. The number of rotatable bonds is 13. The van der Waals surface area contributed by atoms with Crippen LogP contribution >= 0.6 is 23.2 Å². The molecule has 0 aromatic heterocycles. The van der Waals surface area contributed by atoms with Gasteiger partial charge < -0.3 is 15.0 Å². The van der Waals surface area contributed by atoms with Crippen LogP contribution in [0, 0.1) is 0 Å². The summed E-state index contributed by atoms with van der Waals surface area (Å²) in [6, 6.07) is 19.8. The number of hydrogen-bond donors (Lipinski definition) is 1. The quantitative estimate of drug-likeness (QED) is 0.279. The molecule has 41 heavy (non-hydrogen) atoms. The molecule has 3 aromatic carbocycles. The molecule has 220 valence electrons. The van der Waals surface area contributed by atoms with E-state index in [-0.39, 0.29) is 41.4 Å². The maximum Gasteiger partial charge on any atom is 0.244 e. The second kappa shape index (κ2) is 14.6. The first-order chi connectivity index (χ1) is 19.4. The third-order valence-electron chi connectivity index (χ3n) is 6.66. The lowest BCUT2D eigenvalue weighted by Crippen LogP contribution is -2.54. The van der Waals surface area contributed by atoms with Gasteiger partial charge in [0.2, 0.25) is 21.8 Å². The van der Waals surface area contributed by atoms with Crippen molar-refractivity contribution in [1.29, 1.82) is 0 Å². The average molecular weight is 621 g/mol. The van der Waals surface area contributed by atoms with Gasteiger partial charge in [-0.2, -0.15) is 0 Å². The molecule has 0 unspecified atom stereocenters. The van der Waals surface area contributed by atoms with Crippen LogP contribution < -0.4 is 14.4 Å². The Labute approximate surface area is 252 Å². The largest absolute Gasteiger partial charge is 0.495 e. The minimum absolute atomic E-state index is 0.0196. The third kappa shape index (κ3) is 8.86. The van der Waals surface area contributed by atoms with E-state index in [2.05, 4.69) is 5.32 Å². The number of benzene rings is 3. The van der Waals surface area contributed by atoms with Gasteiger partial charge in [-0.15, -0.1) is 0 Å². The van der Waals surface area contributed by atoms with E-state index in [0.717, 1.165) is 16.1 Å². The second-order valence-electron chi connectivity index (χ2n) is 9.72. The molecule has 2 amide bonds. The Hall–Kier alpha value is -3.27. The lowest BCUT2D eigenvalue weighted by Gasteiger charge is -2.34. The number of ether oxygens (including phenoxy) is 1. The zero-order valence-electron chi connectivity index (χ0n) is 23.5. The molecule has 0 fully saturated rings. The van der Waals surface area contributed by atoms with Crippen molar-refractivity contribution >= 4 is 50.7 Å². The van der Waals surface area contributed by atoms with Crippen molar-refractivity contribution in [3.63, 3.8) is 0 Å². The molecule has 0 spiro atoms. The second-order valence-corrected chi connectivity index (χ2v) is 12.5. The molecule has 0 heterocycles. The molecule has 0 aliphatic rings. The number of nitrogens with zero attached hydrogens (tertiary/aromatic N) is 2. The number of methoxy groups -OCH3 is 1. The molecule has 0 saturated carbocycles. The van der Waals surface area contributed by atoms with E-state index in [1.807, 2.05) is 44.2 Å². The molecule has 0 aliphatic carbocycles. The topological polar surface area (TPSA) is 96.0 Å². The SMILES string of the molecule is CC[C@@H](C)NC(=O)[C@@H](Cc1ccccc1)N(Cc1ccccc1Cl)C(=O)CN(c1cc(Cl)ccc1OC)S(C)(=O)=O. The van der Waals surface area contributed by atoms with Crippen LogP contribution in [0.25, 0.3) is 0 Å². The zero-order valence-corrected chi connectivity index (χ0v) is 25.8. The minimum Gasteiger partial charge on any atom is -0.495 e. The molecular formula is C30H35Cl2N3O5S. The summed E-state index contributed by atoms with van der Waals surface area (Å²) in [5.74, 6) is -0.729. The van der Waals surface area contributed by atoms with Gasteiger partial charge in [0.1, 0.15) is 18.3 Å². The monoisotopic (exact) mass is 619 g/mol. The van der Waals surface area contributed by atoms with Crippen LogP contribution in [0.1, 0.15) is 31.4 Å². The highest BCUT2D eigenvalue weighted by Gasteiger charge is 2.34. The molecule has 11 heteroatoms. The van der Waals surface area contributed by atoms with E-state index in [0.29, 0.717) is 17.0 Å². The van der Waals surface area contributed by atoms with Crippen LogP contribution in [0.5, 0.6) is 5.75 Å². The number of amides is 2. The normalized spacial score (nSPS) is 12.7. The lowest BCUT2D eigenvalue weighted by atomic mass is 10.0. The fourth-order valence-corrected chi connectivity index (χ4v) is 5.46. The Morgan fingerprint density at radius 3 is 2.27 bits per heavy atom. The summed E-state index contributed by atoms with van der Waals surface area (Å²) in [5.41, 5.74) is 1.56. The molecule has 3 rings (SSSR count). The van der Waals surface area contributed by atoms with Gasteiger partial charge in [-0.3, -0.25) is 13.9 Å². The molecule has 0 bridgehead atoms. The summed E-state index contributed by atoms with van der Waals surface area (Å²) < 4.78 is 32.3. The average Bonchev–Trinajstić information content (AvgIpc) is 2.94. The summed E-state index contributed by atoms with van der Waals surface area (Å²) in [7, 11) is -2.59. The zero-order chi connectivity index (χ0) is 30.2. The van der Waals surface area contributed by atoms with E-state index < -0.39 is 28.5 Å². The summed E-state index contributed by atoms with van der Waals surface area (Å²) in [5, 5.41) is 3.68. The first-order valence-electron chi connectivity index (χ1n) is 13.1. The van der Waals surface area contributed by atoms with Crippen LogP contribution in [0.4, 0.5) is 5.69 Å².